The molecule has 2 saturated carbocycles. The van der Waals surface area contributed by atoms with Gasteiger partial charge in [0, 0.05) is 0 Å². The molecule has 0 bridgehead atoms. The van der Waals surface area contributed by atoms with Crippen LogP contribution in [-0.2, 0) is 0 Å². The quantitative estimate of drug-likeness (QED) is 0.528. The highest BCUT2D eigenvalue weighted by Crippen LogP contribution is 2.46. The molecule has 0 atom stereocenters. The maximum absolute atomic E-state index is 4.50. The van der Waals surface area contributed by atoms with E-state index in [0.29, 0.717) is 10.8 Å². The smallest absolute Gasteiger partial charge is 0.0203 e. The summed E-state index contributed by atoms with van der Waals surface area (Å²) in [6.45, 7) is 14.2. The molecule has 0 heterocycles. The molecular weight excluding hydrogens is 216 g/mol. The van der Waals surface area contributed by atoms with Gasteiger partial charge in [-0.25, -0.2) is 0 Å². The molecule has 2 rings (SSSR count). The number of allylic oxidation sites excluding steroid dienone is 1. The Morgan fingerprint density at radius 1 is 0.722 bits per heavy atom. The molecule has 0 aromatic carbocycles. The van der Waals surface area contributed by atoms with Crippen molar-refractivity contribution in [2.24, 2.45) is 22.7 Å². The number of hydrogen-bond donors (Lipinski definition) is 0. The van der Waals surface area contributed by atoms with E-state index in [1.807, 2.05) is 0 Å². The van der Waals surface area contributed by atoms with E-state index in [0.717, 1.165) is 11.8 Å². The van der Waals surface area contributed by atoms with E-state index in [-0.39, 0.29) is 0 Å². The van der Waals surface area contributed by atoms with Gasteiger partial charge in [-0.15, -0.1) is 0 Å². The molecule has 0 amide bonds. The van der Waals surface area contributed by atoms with Gasteiger partial charge in [-0.05, 0) is 74.0 Å². The lowest BCUT2D eigenvalue weighted by atomic mass is 9.65. The van der Waals surface area contributed by atoms with E-state index in [2.05, 4.69) is 34.3 Å². The molecule has 0 radical (unpaired) electrons. The zero-order chi connectivity index (χ0) is 13.4. The van der Waals surface area contributed by atoms with Gasteiger partial charge in [0.15, 0.2) is 0 Å². The van der Waals surface area contributed by atoms with Crippen molar-refractivity contribution < 1.29 is 0 Å². The summed E-state index contributed by atoms with van der Waals surface area (Å²) < 4.78 is 0. The van der Waals surface area contributed by atoms with Crippen molar-refractivity contribution >= 4 is 0 Å². The standard InChI is InChI=1S/C18H32/c1-14(15-6-10-17(2,3)11-7-15)16-8-12-18(4,5)13-9-16/h15-16H,1,6-13H2,2-5H3. The van der Waals surface area contributed by atoms with E-state index in [4.69, 9.17) is 0 Å². The third-order valence-corrected chi connectivity index (χ3v) is 5.73. The SMILES string of the molecule is C=C(C1CCC(C)(C)CC1)C1CCC(C)(C)CC1. The molecule has 0 aromatic rings. The number of hydrogen-bond acceptors (Lipinski definition) is 0. The zero-order valence-electron chi connectivity index (χ0n) is 13.0. The van der Waals surface area contributed by atoms with Gasteiger partial charge < -0.3 is 0 Å². The highest BCUT2D eigenvalue weighted by atomic mass is 14.4. The summed E-state index contributed by atoms with van der Waals surface area (Å²) in [4.78, 5) is 0. The first kappa shape index (κ1) is 14.2. The summed E-state index contributed by atoms with van der Waals surface area (Å²) in [5, 5.41) is 0. The monoisotopic (exact) mass is 248 g/mol. The second-order valence-corrected chi connectivity index (χ2v) is 8.45. The van der Waals surface area contributed by atoms with Crippen LogP contribution in [0.15, 0.2) is 12.2 Å². The van der Waals surface area contributed by atoms with E-state index >= 15 is 0 Å². The van der Waals surface area contributed by atoms with Gasteiger partial charge in [0.25, 0.3) is 0 Å². The lowest BCUT2D eigenvalue weighted by molar-refractivity contribution is 0.174. The third-order valence-electron chi connectivity index (χ3n) is 5.73. The first-order chi connectivity index (χ1) is 8.29. The average molecular weight is 248 g/mol. The van der Waals surface area contributed by atoms with Gasteiger partial charge in [-0.2, -0.15) is 0 Å². The topological polar surface area (TPSA) is 0 Å². The van der Waals surface area contributed by atoms with E-state index in [1.165, 1.54) is 51.4 Å². The maximum Gasteiger partial charge on any atom is -0.0203 e. The molecule has 0 aromatic heterocycles. The molecule has 2 fully saturated rings. The van der Waals surface area contributed by atoms with Crippen molar-refractivity contribution in [1.82, 2.24) is 0 Å². The van der Waals surface area contributed by atoms with Crippen molar-refractivity contribution in [3.05, 3.63) is 12.2 Å². The Morgan fingerprint density at radius 2 is 1.00 bits per heavy atom. The summed E-state index contributed by atoms with van der Waals surface area (Å²) in [5.74, 6) is 1.67. The van der Waals surface area contributed by atoms with Crippen LogP contribution >= 0.6 is 0 Å². The summed E-state index contributed by atoms with van der Waals surface area (Å²) in [6.07, 6.45) is 11.2. The van der Waals surface area contributed by atoms with Crippen LogP contribution in [0.25, 0.3) is 0 Å². The Labute approximate surface area is 114 Å². The zero-order valence-corrected chi connectivity index (χ0v) is 13.0. The van der Waals surface area contributed by atoms with Gasteiger partial charge in [-0.3, -0.25) is 0 Å². The molecule has 0 saturated heterocycles. The Morgan fingerprint density at radius 3 is 1.28 bits per heavy atom. The molecule has 104 valence electrons. The predicted octanol–water partition coefficient (Wildman–Crippen LogP) is 5.98. The van der Waals surface area contributed by atoms with E-state index in [1.54, 1.807) is 5.57 Å². The van der Waals surface area contributed by atoms with Crippen LogP contribution in [0.5, 0.6) is 0 Å². The van der Waals surface area contributed by atoms with Crippen LogP contribution in [0.3, 0.4) is 0 Å². The fourth-order valence-corrected chi connectivity index (χ4v) is 3.87. The highest BCUT2D eigenvalue weighted by molar-refractivity contribution is 5.09. The maximum atomic E-state index is 4.50. The predicted molar refractivity (Wildman–Crippen MR) is 80.6 cm³/mol. The first-order valence-corrected chi connectivity index (χ1v) is 7.98. The Bertz CT molecular complexity index is 258. The fraction of sp³-hybridized carbons (Fsp3) is 0.889. The Hall–Kier alpha value is -0.260. The van der Waals surface area contributed by atoms with Gasteiger partial charge >= 0.3 is 0 Å². The van der Waals surface area contributed by atoms with Crippen LogP contribution in [0.2, 0.25) is 0 Å². The molecule has 0 spiro atoms. The van der Waals surface area contributed by atoms with Crippen molar-refractivity contribution in [2.75, 3.05) is 0 Å². The molecule has 2 aliphatic carbocycles. The molecule has 0 nitrogen and oxygen atoms in total. The van der Waals surface area contributed by atoms with Crippen LogP contribution < -0.4 is 0 Å². The molecule has 0 unspecified atom stereocenters. The Kier molecular flexibility index (Phi) is 3.95. The second kappa shape index (κ2) is 5.02. The van der Waals surface area contributed by atoms with Gasteiger partial charge in [0.1, 0.15) is 0 Å². The van der Waals surface area contributed by atoms with Gasteiger partial charge in [0.05, 0.1) is 0 Å². The molecule has 18 heavy (non-hydrogen) atoms. The normalized spacial score (nSPS) is 29.1. The van der Waals surface area contributed by atoms with Crippen molar-refractivity contribution in [1.29, 1.82) is 0 Å². The Balaban J connectivity index is 1.86. The van der Waals surface area contributed by atoms with Crippen molar-refractivity contribution in [2.45, 2.75) is 79.1 Å². The van der Waals surface area contributed by atoms with E-state index in [9.17, 15) is 0 Å². The molecule has 0 N–H and O–H groups in total. The molecule has 2 aliphatic rings. The van der Waals surface area contributed by atoms with E-state index < -0.39 is 0 Å². The fourth-order valence-electron chi connectivity index (χ4n) is 3.87. The molecule has 0 heteroatoms. The molecule has 0 aliphatic heterocycles. The van der Waals surface area contributed by atoms with Gasteiger partial charge in [0.2, 0.25) is 0 Å². The first-order valence-electron chi connectivity index (χ1n) is 7.98. The van der Waals surface area contributed by atoms with Crippen LogP contribution in [-0.4, -0.2) is 0 Å². The summed E-state index contributed by atoms with van der Waals surface area (Å²) >= 11 is 0. The lowest BCUT2D eigenvalue weighted by Crippen LogP contribution is -2.27. The summed E-state index contributed by atoms with van der Waals surface area (Å²) in [6, 6.07) is 0. The summed E-state index contributed by atoms with van der Waals surface area (Å²) in [5.41, 5.74) is 2.79. The minimum absolute atomic E-state index is 0.589. The van der Waals surface area contributed by atoms with Crippen molar-refractivity contribution in [3.8, 4) is 0 Å². The molecular formula is C18H32. The van der Waals surface area contributed by atoms with Crippen molar-refractivity contribution in [3.63, 3.8) is 0 Å². The summed E-state index contributed by atoms with van der Waals surface area (Å²) in [7, 11) is 0. The van der Waals surface area contributed by atoms with Crippen LogP contribution in [0.4, 0.5) is 0 Å². The lowest BCUT2D eigenvalue weighted by Gasteiger charge is -2.40. The minimum Gasteiger partial charge on any atom is -0.0993 e. The second-order valence-electron chi connectivity index (χ2n) is 8.45. The van der Waals surface area contributed by atoms with Crippen LogP contribution in [0.1, 0.15) is 79.1 Å². The number of rotatable bonds is 2. The van der Waals surface area contributed by atoms with Gasteiger partial charge in [-0.1, -0.05) is 39.8 Å². The minimum atomic E-state index is 0.589. The third kappa shape index (κ3) is 3.39. The highest BCUT2D eigenvalue weighted by Gasteiger charge is 2.33. The average Bonchev–Trinajstić information content (AvgIpc) is 2.28. The van der Waals surface area contributed by atoms with Crippen LogP contribution in [0, 0.1) is 22.7 Å². The largest absolute Gasteiger partial charge is 0.0993 e.